The van der Waals surface area contributed by atoms with Gasteiger partial charge in [0, 0.05) is 31.1 Å². The molecule has 22 heavy (non-hydrogen) atoms. The molecule has 1 heterocycles. The summed E-state index contributed by atoms with van der Waals surface area (Å²) >= 11 is 1.69. The molecule has 0 radical (unpaired) electrons. The van der Waals surface area contributed by atoms with E-state index in [-0.39, 0.29) is 5.97 Å². The second-order valence-corrected chi connectivity index (χ2v) is 6.28. The van der Waals surface area contributed by atoms with Gasteiger partial charge in [-0.25, -0.2) is 4.98 Å². The van der Waals surface area contributed by atoms with Gasteiger partial charge in [-0.05, 0) is 19.8 Å². The Hall–Kier alpha value is -1.63. The van der Waals surface area contributed by atoms with Crippen molar-refractivity contribution in [2.45, 2.75) is 45.6 Å². The molecule has 6 nitrogen and oxygen atoms in total. The normalized spacial score (nSPS) is 11.3. The summed E-state index contributed by atoms with van der Waals surface area (Å²) in [7, 11) is 3.19. The van der Waals surface area contributed by atoms with Crippen LogP contribution in [0, 0.1) is 6.92 Å². The maximum Gasteiger partial charge on any atom is 0.305 e. The quantitative estimate of drug-likeness (QED) is 0.315. The standard InChI is InChI=1S/C15H26N4O2S/c1-12-10-18-13(22-12)11-19-15(16-2)17-9-7-5-4-6-8-14(20)21-3/h10H,4-9,11H2,1-3H3,(H2,16,17,19). The second kappa shape index (κ2) is 11.0. The van der Waals surface area contributed by atoms with E-state index >= 15 is 0 Å². The predicted octanol–water partition coefficient (Wildman–Crippen LogP) is 2.24. The number of nitrogens with zero attached hydrogens (tertiary/aromatic N) is 2. The highest BCUT2D eigenvalue weighted by Gasteiger charge is 2.02. The molecule has 0 saturated carbocycles. The van der Waals surface area contributed by atoms with Crippen LogP contribution in [-0.4, -0.2) is 37.6 Å². The molecule has 1 aromatic heterocycles. The maximum atomic E-state index is 11.0. The first-order valence-corrected chi connectivity index (χ1v) is 8.40. The molecule has 0 aromatic carbocycles. The third-order valence-electron chi connectivity index (χ3n) is 3.13. The van der Waals surface area contributed by atoms with E-state index in [4.69, 9.17) is 0 Å². The van der Waals surface area contributed by atoms with Crippen molar-refractivity contribution >= 4 is 23.3 Å². The number of rotatable bonds is 9. The van der Waals surface area contributed by atoms with Crippen LogP contribution in [0.3, 0.4) is 0 Å². The van der Waals surface area contributed by atoms with Gasteiger partial charge in [-0.3, -0.25) is 9.79 Å². The molecule has 0 aliphatic heterocycles. The number of unbranched alkanes of at least 4 members (excludes halogenated alkanes) is 3. The Labute approximate surface area is 136 Å². The van der Waals surface area contributed by atoms with Crippen LogP contribution in [-0.2, 0) is 16.1 Å². The van der Waals surface area contributed by atoms with Crippen molar-refractivity contribution in [1.82, 2.24) is 15.6 Å². The number of aromatic nitrogens is 1. The lowest BCUT2D eigenvalue weighted by atomic mass is 10.1. The minimum atomic E-state index is -0.125. The van der Waals surface area contributed by atoms with Crippen LogP contribution >= 0.6 is 11.3 Å². The molecule has 0 unspecified atom stereocenters. The van der Waals surface area contributed by atoms with E-state index in [0.29, 0.717) is 13.0 Å². The molecule has 2 N–H and O–H groups in total. The molecule has 0 aliphatic carbocycles. The van der Waals surface area contributed by atoms with Crippen LogP contribution < -0.4 is 10.6 Å². The van der Waals surface area contributed by atoms with E-state index in [1.165, 1.54) is 12.0 Å². The van der Waals surface area contributed by atoms with Gasteiger partial charge in [0.1, 0.15) is 5.01 Å². The zero-order valence-corrected chi connectivity index (χ0v) is 14.5. The number of carbonyl (C=O) groups excluding carboxylic acids is 1. The van der Waals surface area contributed by atoms with Crippen molar-refractivity contribution in [3.05, 3.63) is 16.1 Å². The Morgan fingerprint density at radius 2 is 2.09 bits per heavy atom. The summed E-state index contributed by atoms with van der Waals surface area (Å²) in [5, 5.41) is 7.59. The van der Waals surface area contributed by atoms with Gasteiger partial charge in [0.2, 0.25) is 0 Å². The summed E-state index contributed by atoms with van der Waals surface area (Å²) in [6.07, 6.45) is 6.47. The largest absolute Gasteiger partial charge is 0.469 e. The number of esters is 1. The lowest BCUT2D eigenvalue weighted by Crippen LogP contribution is -2.37. The van der Waals surface area contributed by atoms with Crippen LogP contribution in [0.5, 0.6) is 0 Å². The second-order valence-electron chi connectivity index (χ2n) is 4.96. The van der Waals surface area contributed by atoms with Gasteiger partial charge >= 0.3 is 5.97 Å². The van der Waals surface area contributed by atoms with Crippen molar-refractivity contribution in [2.24, 2.45) is 4.99 Å². The van der Waals surface area contributed by atoms with Gasteiger partial charge in [-0.1, -0.05) is 12.8 Å². The summed E-state index contributed by atoms with van der Waals surface area (Å²) in [4.78, 5) is 20.7. The third kappa shape index (κ3) is 7.97. The van der Waals surface area contributed by atoms with Gasteiger partial charge in [-0.2, -0.15) is 0 Å². The molecule has 1 aromatic rings. The zero-order chi connectivity index (χ0) is 16.2. The van der Waals surface area contributed by atoms with Gasteiger partial charge in [0.05, 0.1) is 13.7 Å². The fraction of sp³-hybridized carbons (Fsp3) is 0.667. The fourth-order valence-electron chi connectivity index (χ4n) is 1.92. The summed E-state index contributed by atoms with van der Waals surface area (Å²) in [5.74, 6) is 0.669. The number of aliphatic imine (C=N–C) groups is 1. The molecule has 0 spiro atoms. The Bertz CT molecular complexity index is 474. The number of hydrogen-bond donors (Lipinski definition) is 2. The summed E-state index contributed by atoms with van der Waals surface area (Å²) < 4.78 is 4.61. The van der Waals surface area contributed by atoms with Gasteiger partial charge in [0.15, 0.2) is 5.96 Å². The first-order chi connectivity index (χ1) is 10.7. The molecular formula is C15H26N4O2S. The molecule has 0 saturated heterocycles. The van der Waals surface area contributed by atoms with E-state index < -0.39 is 0 Å². The molecule has 1 rings (SSSR count). The third-order valence-corrected chi connectivity index (χ3v) is 4.04. The number of nitrogens with one attached hydrogen (secondary N) is 2. The molecule has 0 bridgehead atoms. The SMILES string of the molecule is CN=C(NCCCCCCC(=O)OC)NCc1ncc(C)s1. The molecule has 0 aliphatic rings. The number of hydrogen-bond acceptors (Lipinski definition) is 5. The molecule has 7 heteroatoms. The average molecular weight is 326 g/mol. The fourth-order valence-corrected chi connectivity index (χ4v) is 2.65. The van der Waals surface area contributed by atoms with Crippen molar-refractivity contribution in [3.8, 4) is 0 Å². The number of guanidine groups is 1. The Morgan fingerprint density at radius 3 is 2.73 bits per heavy atom. The zero-order valence-electron chi connectivity index (χ0n) is 13.6. The Kier molecular flexibility index (Phi) is 9.21. The van der Waals surface area contributed by atoms with Crippen molar-refractivity contribution in [3.63, 3.8) is 0 Å². The van der Waals surface area contributed by atoms with Crippen molar-refractivity contribution in [2.75, 3.05) is 20.7 Å². The highest BCUT2D eigenvalue weighted by atomic mass is 32.1. The lowest BCUT2D eigenvalue weighted by molar-refractivity contribution is -0.140. The van der Waals surface area contributed by atoms with Gasteiger partial charge < -0.3 is 15.4 Å². The first-order valence-electron chi connectivity index (χ1n) is 7.58. The predicted molar refractivity (Wildman–Crippen MR) is 90.2 cm³/mol. The minimum absolute atomic E-state index is 0.125. The average Bonchev–Trinajstić information content (AvgIpc) is 2.94. The number of ether oxygens (including phenoxy) is 1. The van der Waals surface area contributed by atoms with Crippen LogP contribution in [0.1, 0.15) is 42.0 Å². The van der Waals surface area contributed by atoms with Gasteiger partial charge in [-0.15, -0.1) is 11.3 Å². The van der Waals surface area contributed by atoms with E-state index in [9.17, 15) is 4.79 Å². The summed E-state index contributed by atoms with van der Waals surface area (Å²) in [5.41, 5.74) is 0. The van der Waals surface area contributed by atoms with Crippen molar-refractivity contribution in [1.29, 1.82) is 0 Å². The summed E-state index contributed by atoms with van der Waals surface area (Å²) in [6, 6.07) is 0. The highest BCUT2D eigenvalue weighted by molar-refractivity contribution is 7.11. The smallest absolute Gasteiger partial charge is 0.305 e. The number of aryl methyl sites for hydroxylation is 1. The molecular weight excluding hydrogens is 300 g/mol. The molecule has 0 fully saturated rings. The van der Waals surface area contributed by atoms with E-state index in [0.717, 1.165) is 43.2 Å². The Morgan fingerprint density at radius 1 is 1.32 bits per heavy atom. The van der Waals surface area contributed by atoms with Crippen LogP contribution in [0.4, 0.5) is 0 Å². The van der Waals surface area contributed by atoms with E-state index in [1.807, 2.05) is 6.20 Å². The van der Waals surface area contributed by atoms with E-state index in [1.54, 1.807) is 18.4 Å². The van der Waals surface area contributed by atoms with Crippen molar-refractivity contribution < 1.29 is 9.53 Å². The van der Waals surface area contributed by atoms with E-state index in [2.05, 4.69) is 32.3 Å². The lowest BCUT2D eigenvalue weighted by Gasteiger charge is -2.10. The highest BCUT2D eigenvalue weighted by Crippen LogP contribution is 2.10. The number of methoxy groups -OCH3 is 1. The van der Waals surface area contributed by atoms with Crippen LogP contribution in [0.25, 0.3) is 0 Å². The monoisotopic (exact) mass is 326 g/mol. The minimum Gasteiger partial charge on any atom is -0.469 e. The maximum absolute atomic E-state index is 11.0. The van der Waals surface area contributed by atoms with Gasteiger partial charge in [0.25, 0.3) is 0 Å². The molecule has 0 atom stereocenters. The summed E-state index contributed by atoms with van der Waals surface area (Å²) in [6.45, 7) is 3.61. The molecule has 124 valence electrons. The van der Waals surface area contributed by atoms with Crippen LogP contribution in [0.15, 0.2) is 11.2 Å². The van der Waals surface area contributed by atoms with Crippen LogP contribution in [0.2, 0.25) is 0 Å². The topological polar surface area (TPSA) is 75.6 Å². The molecule has 0 amide bonds. The number of carbonyl (C=O) groups is 1. The Balaban J connectivity index is 2.05. The number of thiazole rings is 1. The first kappa shape index (κ1) is 18.4.